The van der Waals surface area contributed by atoms with Gasteiger partial charge in [0.2, 0.25) is 0 Å². The number of thioether (sulfide) groups is 1. The highest BCUT2D eigenvalue weighted by Crippen LogP contribution is 2.29. The third-order valence-corrected chi connectivity index (χ3v) is 4.59. The summed E-state index contributed by atoms with van der Waals surface area (Å²) in [6.07, 6.45) is 3.80. The Kier molecular flexibility index (Phi) is 7.01. The Morgan fingerprint density at radius 1 is 0.864 bits per heavy atom. The molecule has 0 spiro atoms. The van der Waals surface area contributed by atoms with Crippen molar-refractivity contribution in [3.8, 4) is 0 Å². The van der Waals surface area contributed by atoms with Crippen LogP contribution in [0.1, 0.15) is 22.5 Å². The molecule has 2 unspecified atom stereocenters. The van der Waals surface area contributed by atoms with E-state index in [2.05, 4.69) is 49.6 Å². The van der Waals surface area contributed by atoms with E-state index in [1.54, 1.807) is 0 Å². The lowest BCUT2D eigenvalue weighted by atomic mass is 10.1. The van der Waals surface area contributed by atoms with E-state index in [4.69, 9.17) is 4.74 Å². The highest BCUT2D eigenvalue weighted by Gasteiger charge is 2.09. The number of hydrogen-bond acceptors (Lipinski definition) is 2. The molecule has 0 fully saturated rings. The van der Waals surface area contributed by atoms with Crippen LogP contribution in [0.5, 0.6) is 0 Å². The van der Waals surface area contributed by atoms with Crippen molar-refractivity contribution in [1.29, 1.82) is 0 Å². The second kappa shape index (κ2) is 9.29. The molecule has 22 heavy (non-hydrogen) atoms. The molecule has 0 aliphatic carbocycles. The van der Waals surface area contributed by atoms with Crippen LogP contribution in [0, 0.1) is 0 Å². The van der Waals surface area contributed by atoms with Crippen molar-refractivity contribution in [2.24, 2.45) is 0 Å². The molecular weight excluding hydrogens is 288 g/mol. The molecule has 2 rings (SSSR count). The van der Waals surface area contributed by atoms with Gasteiger partial charge < -0.3 is 4.74 Å². The van der Waals surface area contributed by atoms with Crippen molar-refractivity contribution in [1.82, 2.24) is 0 Å². The number of benzene rings is 2. The van der Waals surface area contributed by atoms with Crippen molar-refractivity contribution >= 4 is 11.8 Å². The highest BCUT2D eigenvalue weighted by molar-refractivity contribution is 7.99. The van der Waals surface area contributed by atoms with E-state index in [0.717, 1.165) is 11.3 Å². The molecule has 0 saturated carbocycles. The molecule has 0 saturated heterocycles. The molecule has 0 bridgehead atoms. The third-order valence-electron chi connectivity index (χ3n) is 3.36. The van der Waals surface area contributed by atoms with E-state index >= 15 is 0 Å². The summed E-state index contributed by atoms with van der Waals surface area (Å²) in [5.74, 6) is 0.919. The molecular formula is C20H22OS. The van der Waals surface area contributed by atoms with Gasteiger partial charge in [-0.15, -0.1) is 24.9 Å². The first-order valence-electron chi connectivity index (χ1n) is 7.43. The van der Waals surface area contributed by atoms with E-state index in [9.17, 15) is 0 Å². The number of hydrogen-bond donors (Lipinski definition) is 0. The average Bonchev–Trinajstić information content (AvgIpc) is 2.60. The van der Waals surface area contributed by atoms with Crippen LogP contribution >= 0.6 is 11.8 Å². The summed E-state index contributed by atoms with van der Waals surface area (Å²) in [4.78, 5) is 0. The normalized spacial score (nSPS) is 13.3. The van der Waals surface area contributed by atoms with E-state index in [0.29, 0.717) is 11.9 Å². The molecule has 0 amide bonds. The molecule has 0 aromatic heterocycles. The summed E-state index contributed by atoms with van der Waals surface area (Å²) >= 11 is 1.84. The third kappa shape index (κ3) is 4.90. The summed E-state index contributed by atoms with van der Waals surface area (Å²) < 4.78 is 5.93. The molecule has 0 radical (unpaired) electrons. The van der Waals surface area contributed by atoms with Crippen LogP contribution in [0.15, 0.2) is 86.0 Å². The van der Waals surface area contributed by atoms with Crippen LogP contribution in [0.2, 0.25) is 0 Å². The van der Waals surface area contributed by atoms with Gasteiger partial charge in [-0.1, -0.05) is 72.8 Å². The summed E-state index contributed by atoms with van der Waals surface area (Å²) in [7, 11) is 0. The fourth-order valence-corrected chi connectivity index (χ4v) is 3.17. The van der Waals surface area contributed by atoms with Crippen LogP contribution < -0.4 is 0 Å². The SMILES string of the molecule is C=CC(OCCSC(C=C)c1ccccc1)c1ccccc1. The number of ether oxygens (including phenoxy) is 1. The van der Waals surface area contributed by atoms with Crippen molar-refractivity contribution in [2.75, 3.05) is 12.4 Å². The molecule has 0 heterocycles. The van der Waals surface area contributed by atoms with Crippen molar-refractivity contribution < 1.29 is 4.74 Å². The maximum absolute atomic E-state index is 5.93. The average molecular weight is 310 g/mol. The van der Waals surface area contributed by atoms with E-state index in [-0.39, 0.29) is 6.10 Å². The Bertz CT molecular complexity index is 511. The van der Waals surface area contributed by atoms with Crippen LogP contribution in [0.4, 0.5) is 0 Å². The summed E-state index contributed by atoms with van der Waals surface area (Å²) in [5, 5.41) is 0.309. The minimum absolute atomic E-state index is 0.0410. The van der Waals surface area contributed by atoms with Gasteiger partial charge in [0.15, 0.2) is 0 Å². The van der Waals surface area contributed by atoms with E-state index < -0.39 is 0 Å². The quantitative estimate of drug-likeness (QED) is 0.441. The van der Waals surface area contributed by atoms with Crippen molar-refractivity contribution in [3.05, 3.63) is 97.1 Å². The first kappa shape index (κ1) is 16.6. The lowest BCUT2D eigenvalue weighted by molar-refractivity contribution is 0.0992. The summed E-state index contributed by atoms with van der Waals surface area (Å²) in [6.45, 7) is 8.49. The van der Waals surface area contributed by atoms with Crippen molar-refractivity contribution in [2.45, 2.75) is 11.4 Å². The van der Waals surface area contributed by atoms with E-state index in [1.807, 2.05) is 48.2 Å². The van der Waals surface area contributed by atoms with Gasteiger partial charge in [-0.05, 0) is 11.1 Å². The second-order valence-corrected chi connectivity index (χ2v) is 6.13. The first-order valence-corrected chi connectivity index (χ1v) is 8.48. The zero-order valence-corrected chi connectivity index (χ0v) is 13.5. The van der Waals surface area contributed by atoms with Crippen LogP contribution in [0.25, 0.3) is 0 Å². The molecule has 2 aromatic carbocycles. The van der Waals surface area contributed by atoms with Gasteiger partial charge >= 0.3 is 0 Å². The first-order chi connectivity index (χ1) is 10.8. The smallest absolute Gasteiger partial charge is 0.100 e. The fourth-order valence-electron chi connectivity index (χ4n) is 2.24. The van der Waals surface area contributed by atoms with Gasteiger partial charge in [0.1, 0.15) is 6.10 Å². The monoisotopic (exact) mass is 310 g/mol. The maximum Gasteiger partial charge on any atom is 0.100 e. The Balaban J connectivity index is 1.80. The Morgan fingerprint density at radius 2 is 1.45 bits per heavy atom. The minimum Gasteiger partial charge on any atom is -0.369 e. The van der Waals surface area contributed by atoms with Gasteiger partial charge in [-0.3, -0.25) is 0 Å². The van der Waals surface area contributed by atoms with Gasteiger partial charge in [0, 0.05) is 11.0 Å². The lowest BCUT2D eigenvalue weighted by Crippen LogP contribution is -2.05. The molecule has 0 N–H and O–H groups in total. The van der Waals surface area contributed by atoms with Crippen LogP contribution in [-0.2, 0) is 4.74 Å². The minimum atomic E-state index is -0.0410. The van der Waals surface area contributed by atoms with E-state index in [1.165, 1.54) is 5.56 Å². The summed E-state index contributed by atoms with van der Waals surface area (Å²) in [5.41, 5.74) is 2.43. The zero-order valence-electron chi connectivity index (χ0n) is 12.7. The molecule has 0 aliphatic rings. The fraction of sp³-hybridized carbons (Fsp3) is 0.200. The van der Waals surface area contributed by atoms with Gasteiger partial charge in [0.25, 0.3) is 0 Å². The van der Waals surface area contributed by atoms with Crippen LogP contribution in [-0.4, -0.2) is 12.4 Å². The predicted octanol–water partition coefficient (Wildman–Crippen LogP) is 5.59. The molecule has 2 heteroatoms. The molecule has 1 nitrogen and oxygen atoms in total. The lowest BCUT2D eigenvalue weighted by Gasteiger charge is -2.16. The van der Waals surface area contributed by atoms with Gasteiger partial charge in [-0.2, -0.15) is 0 Å². The standard InChI is InChI=1S/C20H22OS/c1-3-19(17-11-7-5-8-12-17)21-15-16-22-20(4-2)18-13-9-6-10-14-18/h3-14,19-20H,1-2,15-16H2. The second-order valence-electron chi connectivity index (χ2n) is 4.88. The van der Waals surface area contributed by atoms with Gasteiger partial charge in [-0.25, -0.2) is 0 Å². The molecule has 114 valence electrons. The molecule has 2 atom stereocenters. The predicted molar refractivity (Wildman–Crippen MR) is 97.2 cm³/mol. The topological polar surface area (TPSA) is 9.23 Å². The highest BCUT2D eigenvalue weighted by atomic mass is 32.2. The molecule has 0 aliphatic heterocycles. The Morgan fingerprint density at radius 3 is 2.00 bits per heavy atom. The molecule has 2 aromatic rings. The largest absolute Gasteiger partial charge is 0.369 e. The van der Waals surface area contributed by atoms with Crippen molar-refractivity contribution in [3.63, 3.8) is 0 Å². The maximum atomic E-state index is 5.93. The summed E-state index contributed by atoms with van der Waals surface area (Å²) in [6, 6.07) is 20.6. The van der Waals surface area contributed by atoms with Gasteiger partial charge in [0.05, 0.1) is 6.61 Å². The Hall–Kier alpha value is -1.77. The van der Waals surface area contributed by atoms with Crippen LogP contribution in [0.3, 0.4) is 0 Å². The number of rotatable bonds is 9. The Labute approximate surface area is 137 Å². The zero-order chi connectivity index (χ0) is 15.6.